The van der Waals surface area contributed by atoms with Crippen LogP contribution in [-0.4, -0.2) is 18.9 Å². The summed E-state index contributed by atoms with van der Waals surface area (Å²) in [6.45, 7) is 2.20. The Morgan fingerprint density at radius 1 is 0.929 bits per heavy atom. The Morgan fingerprint density at radius 2 is 1.75 bits per heavy atom. The van der Waals surface area contributed by atoms with E-state index in [4.69, 9.17) is 4.42 Å². The van der Waals surface area contributed by atoms with Crippen molar-refractivity contribution in [3.8, 4) is 0 Å². The lowest BCUT2D eigenvalue weighted by Gasteiger charge is -2.06. The second-order valence-electron chi connectivity index (χ2n) is 6.68. The number of benzene rings is 3. The molecule has 0 saturated heterocycles. The van der Waals surface area contributed by atoms with Gasteiger partial charge in [0.25, 0.3) is 11.8 Å². The summed E-state index contributed by atoms with van der Waals surface area (Å²) in [5.41, 5.74) is 2.94. The van der Waals surface area contributed by atoms with Crippen molar-refractivity contribution in [3.63, 3.8) is 0 Å². The highest BCUT2D eigenvalue weighted by molar-refractivity contribution is 6.08. The van der Waals surface area contributed by atoms with Crippen LogP contribution in [0.15, 0.2) is 65.1 Å². The number of rotatable bonds is 4. The van der Waals surface area contributed by atoms with Gasteiger partial charge in [0.15, 0.2) is 5.76 Å². The third-order valence-electron chi connectivity index (χ3n) is 4.90. The quantitative estimate of drug-likeness (QED) is 0.564. The zero-order valence-electron chi connectivity index (χ0n) is 15.7. The van der Waals surface area contributed by atoms with E-state index in [0.29, 0.717) is 17.9 Å². The molecule has 5 heteroatoms. The zero-order chi connectivity index (χ0) is 19.7. The van der Waals surface area contributed by atoms with Gasteiger partial charge in [-0.05, 0) is 30.0 Å². The largest absolute Gasteiger partial charge is 0.450 e. The number of amides is 2. The average Bonchev–Trinajstić information content (AvgIpc) is 3.08. The van der Waals surface area contributed by atoms with Crippen LogP contribution in [0.1, 0.15) is 32.0 Å². The van der Waals surface area contributed by atoms with Crippen molar-refractivity contribution in [1.29, 1.82) is 0 Å². The molecule has 0 aliphatic rings. The lowest BCUT2D eigenvalue weighted by atomic mass is 10.1. The molecule has 2 amide bonds. The van der Waals surface area contributed by atoms with Crippen LogP contribution in [0.5, 0.6) is 0 Å². The molecule has 2 N–H and O–H groups in total. The summed E-state index contributed by atoms with van der Waals surface area (Å²) in [5, 5.41) is 8.47. The molecular formula is C23H20N2O3. The molecule has 0 aliphatic carbocycles. The molecule has 5 nitrogen and oxygen atoms in total. The summed E-state index contributed by atoms with van der Waals surface area (Å²) in [4.78, 5) is 24.5. The average molecular weight is 372 g/mol. The summed E-state index contributed by atoms with van der Waals surface area (Å²) in [5.74, 6) is -0.120. The van der Waals surface area contributed by atoms with Crippen molar-refractivity contribution >= 4 is 33.6 Å². The minimum absolute atomic E-state index is 0.159. The van der Waals surface area contributed by atoms with Gasteiger partial charge in [-0.1, -0.05) is 48.5 Å². The first-order valence-corrected chi connectivity index (χ1v) is 9.08. The molecule has 4 aromatic rings. The number of aryl methyl sites for hydroxylation is 1. The molecule has 140 valence electrons. The molecule has 0 radical (unpaired) electrons. The van der Waals surface area contributed by atoms with Crippen LogP contribution < -0.4 is 10.6 Å². The fraction of sp³-hybridized carbons (Fsp3) is 0.130. The fourth-order valence-corrected chi connectivity index (χ4v) is 3.40. The fourth-order valence-electron chi connectivity index (χ4n) is 3.40. The normalized spacial score (nSPS) is 10.9. The number of furan rings is 1. The van der Waals surface area contributed by atoms with Crippen molar-refractivity contribution < 1.29 is 14.0 Å². The Bertz CT molecular complexity index is 1210. The van der Waals surface area contributed by atoms with Crippen LogP contribution in [0, 0.1) is 6.92 Å². The molecule has 0 aliphatic heterocycles. The van der Waals surface area contributed by atoms with Crippen molar-refractivity contribution in [2.24, 2.45) is 0 Å². The van der Waals surface area contributed by atoms with Gasteiger partial charge in [0.05, 0.1) is 0 Å². The van der Waals surface area contributed by atoms with Gasteiger partial charge in [-0.25, -0.2) is 0 Å². The number of carbonyl (C=O) groups excluding carboxylic acids is 2. The summed E-state index contributed by atoms with van der Waals surface area (Å²) >= 11 is 0. The maximum Gasteiger partial charge on any atom is 0.287 e. The summed E-state index contributed by atoms with van der Waals surface area (Å²) in [6, 6.07) is 19.1. The molecule has 3 aromatic carbocycles. The van der Waals surface area contributed by atoms with Gasteiger partial charge in [-0.2, -0.15) is 0 Å². The van der Waals surface area contributed by atoms with Crippen molar-refractivity contribution in [1.82, 2.24) is 10.6 Å². The zero-order valence-corrected chi connectivity index (χ0v) is 15.7. The summed E-state index contributed by atoms with van der Waals surface area (Å²) in [6.07, 6.45) is 0. The van der Waals surface area contributed by atoms with E-state index in [2.05, 4.69) is 10.6 Å². The van der Waals surface area contributed by atoms with Crippen LogP contribution in [0.3, 0.4) is 0 Å². The molecule has 1 aromatic heterocycles. The van der Waals surface area contributed by atoms with E-state index in [9.17, 15) is 9.59 Å². The van der Waals surface area contributed by atoms with Gasteiger partial charge in [-0.15, -0.1) is 0 Å². The highest BCUT2D eigenvalue weighted by Gasteiger charge is 2.19. The van der Waals surface area contributed by atoms with Gasteiger partial charge >= 0.3 is 0 Å². The Kier molecular flexibility index (Phi) is 4.57. The predicted octanol–water partition coefficient (Wildman–Crippen LogP) is 4.18. The third kappa shape index (κ3) is 3.11. The lowest BCUT2D eigenvalue weighted by molar-refractivity contribution is 0.0924. The molecule has 1 heterocycles. The molecule has 0 atom stereocenters. The van der Waals surface area contributed by atoms with Gasteiger partial charge < -0.3 is 15.1 Å². The first-order valence-electron chi connectivity index (χ1n) is 9.08. The van der Waals surface area contributed by atoms with Crippen LogP contribution in [0.4, 0.5) is 0 Å². The molecule has 4 rings (SSSR count). The summed E-state index contributed by atoms with van der Waals surface area (Å²) < 4.78 is 5.97. The summed E-state index contributed by atoms with van der Waals surface area (Å²) in [7, 11) is 1.59. The molecular weight excluding hydrogens is 352 g/mol. The Morgan fingerprint density at radius 3 is 2.57 bits per heavy atom. The van der Waals surface area contributed by atoms with E-state index in [0.717, 1.165) is 32.9 Å². The lowest BCUT2D eigenvalue weighted by Crippen LogP contribution is -2.23. The first kappa shape index (κ1) is 17.8. The second kappa shape index (κ2) is 7.19. The van der Waals surface area contributed by atoms with Gasteiger partial charge in [-0.3, -0.25) is 9.59 Å². The third-order valence-corrected chi connectivity index (χ3v) is 4.90. The van der Waals surface area contributed by atoms with Gasteiger partial charge in [0.1, 0.15) is 5.58 Å². The second-order valence-corrected chi connectivity index (χ2v) is 6.68. The van der Waals surface area contributed by atoms with E-state index in [-0.39, 0.29) is 11.8 Å². The maximum absolute atomic E-state index is 12.7. The van der Waals surface area contributed by atoms with E-state index >= 15 is 0 Å². The molecule has 28 heavy (non-hydrogen) atoms. The number of hydrogen-bond acceptors (Lipinski definition) is 3. The van der Waals surface area contributed by atoms with E-state index in [1.54, 1.807) is 25.2 Å². The van der Waals surface area contributed by atoms with E-state index in [1.165, 1.54) is 0 Å². The number of nitrogens with one attached hydrogen (secondary N) is 2. The molecule has 0 saturated carbocycles. The van der Waals surface area contributed by atoms with Gasteiger partial charge in [0, 0.05) is 35.5 Å². The maximum atomic E-state index is 12.7. The van der Waals surface area contributed by atoms with E-state index in [1.807, 2.05) is 49.4 Å². The molecule has 0 fully saturated rings. The minimum Gasteiger partial charge on any atom is -0.450 e. The standard InChI is InChI=1S/C23H20N2O3/c1-14-18-11-10-16-7-3-4-9-19(16)21(18)28-20(14)23(27)25-13-15-6-5-8-17(12-15)22(26)24-2/h3-12H,13H2,1-2H3,(H,24,26)(H,25,27). The van der Waals surface area contributed by atoms with Gasteiger partial charge in [0.2, 0.25) is 0 Å². The monoisotopic (exact) mass is 372 g/mol. The van der Waals surface area contributed by atoms with Crippen molar-refractivity contribution in [2.75, 3.05) is 7.05 Å². The Balaban J connectivity index is 1.60. The van der Waals surface area contributed by atoms with Crippen LogP contribution in [0.25, 0.3) is 21.7 Å². The molecule has 0 spiro atoms. The highest BCUT2D eigenvalue weighted by atomic mass is 16.3. The van der Waals surface area contributed by atoms with Crippen molar-refractivity contribution in [3.05, 3.63) is 83.1 Å². The van der Waals surface area contributed by atoms with Crippen LogP contribution >= 0.6 is 0 Å². The molecule has 0 unspecified atom stereocenters. The first-order chi connectivity index (χ1) is 13.6. The van der Waals surface area contributed by atoms with E-state index < -0.39 is 0 Å². The predicted molar refractivity (Wildman–Crippen MR) is 109 cm³/mol. The van der Waals surface area contributed by atoms with Crippen molar-refractivity contribution in [2.45, 2.75) is 13.5 Å². The number of fused-ring (bicyclic) bond motifs is 3. The molecule has 0 bridgehead atoms. The van der Waals surface area contributed by atoms with Crippen LogP contribution in [-0.2, 0) is 6.54 Å². The Labute approximate surface area is 162 Å². The highest BCUT2D eigenvalue weighted by Crippen LogP contribution is 2.31. The topological polar surface area (TPSA) is 71.3 Å². The number of hydrogen-bond donors (Lipinski definition) is 2. The SMILES string of the molecule is CNC(=O)c1cccc(CNC(=O)c2oc3c(ccc4ccccc43)c2C)c1. The smallest absolute Gasteiger partial charge is 0.287 e. The minimum atomic E-state index is -0.275. The Hall–Kier alpha value is -3.60. The number of carbonyl (C=O) groups is 2. The van der Waals surface area contributed by atoms with Crippen LogP contribution in [0.2, 0.25) is 0 Å².